The van der Waals surface area contributed by atoms with E-state index in [0.29, 0.717) is 10.5 Å². The molecule has 0 bridgehead atoms. The van der Waals surface area contributed by atoms with Crippen molar-refractivity contribution in [1.29, 1.82) is 5.26 Å². The second-order valence-corrected chi connectivity index (χ2v) is 5.62. The molecule has 0 radical (unpaired) electrons. The fraction of sp³-hybridized carbons (Fsp3) is 0.211. The van der Waals surface area contributed by atoms with Crippen LogP contribution in [0.3, 0.4) is 0 Å². The number of rotatable bonds is 6. The molecule has 0 aliphatic rings. The first-order valence-corrected chi connectivity index (χ1v) is 7.84. The molecule has 2 rings (SSSR count). The fourth-order valence-electron chi connectivity index (χ4n) is 2.27. The first-order valence-electron chi connectivity index (χ1n) is 7.84. The molecule has 1 amide bonds. The molecule has 0 atom stereocenters. The van der Waals surface area contributed by atoms with E-state index < -0.39 is 31.2 Å². The number of hydrogen-bond acceptors (Lipinski definition) is 4. The van der Waals surface area contributed by atoms with Crippen LogP contribution in [0.15, 0.2) is 54.6 Å². The summed E-state index contributed by atoms with van der Waals surface area (Å²) in [6.07, 6.45) is -4.59. The smallest absolute Gasteiger partial charge is 0.406 e. The Balaban J connectivity index is 2.04. The first-order chi connectivity index (χ1) is 12.8. The predicted octanol–water partition coefficient (Wildman–Crippen LogP) is 3.31. The van der Waals surface area contributed by atoms with Crippen molar-refractivity contribution in [3.05, 3.63) is 71.3 Å². The molecule has 2 aromatic rings. The quantitative estimate of drug-likeness (QED) is 0.726. The van der Waals surface area contributed by atoms with Crippen LogP contribution in [-0.4, -0.2) is 36.1 Å². The van der Waals surface area contributed by atoms with E-state index in [-0.39, 0.29) is 17.7 Å². The third-order valence-corrected chi connectivity index (χ3v) is 3.49. The second kappa shape index (κ2) is 8.85. The molecule has 0 spiro atoms. The minimum absolute atomic E-state index is 0.0345. The third-order valence-electron chi connectivity index (χ3n) is 3.49. The van der Waals surface area contributed by atoms with Gasteiger partial charge in [0, 0.05) is 6.54 Å². The maximum absolute atomic E-state index is 12.8. The van der Waals surface area contributed by atoms with Crippen molar-refractivity contribution in [2.75, 3.05) is 13.2 Å². The van der Waals surface area contributed by atoms with Gasteiger partial charge in [-0.15, -0.1) is 0 Å². The number of alkyl halides is 3. The van der Waals surface area contributed by atoms with Gasteiger partial charge < -0.3 is 9.64 Å². The summed E-state index contributed by atoms with van der Waals surface area (Å²) in [5, 5.41) is 8.81. The summed E-state index contributed by atoms with van der Waals surface area (Å²) in [6.45, 7) is -2.55. The molecule has 0 N–H and O–H groups in total. The first kappa shape index (κ1) is 20.0. The SMILES string of the molecule is N#Cc1cccc(C(=O)OCC(=O)N(Cc2ccccc2)CC(F)(F)F)c1. The van der Waals surface area contributed by atoms with Crippen LogP contribution in [0.2, 0.25) is 0 Å². The van der Waals surface area contributed by atoms with Crippen LogP contribution in [0.4, 0.5) is 13.2 Å². The van der Waals surface area contributed by atoms with E-state index in [2.05, 4.69) is 0 Å². The zero-order valence-corrected chi connectivity index (χ0v) is 14.1. The van der Waals surface area contributed by atoms with Crippen LogP contribution < -0.4 is 0 Å². The van der Waals surface area contributed by atoms with Gasteiger partial charge in [-0.25, -0.2) is 4.79 Å². The van der Waals surface area contributed by atoms with Crippen molar-refractivity contribution in [3.8, 4) is 6.07 Å². The highest BCUT2D eigenvalue weighted by Crippen LogP contribution is 2.18. The van der Waals surface area contributed by atoms with Gasteiger partial charge in [-0.1, -0.05) is 36.4 Å². The van der Waals surface area contributed by atoms with Crippen LogP contribution in [-0.2, 0) is 16.1 Å². The number of halogens is 3. The largest absolute Gasteiger partial charge is 0.452 e. The fourth-order valence-corrected chi connectivity index (χ4v) is 2.27. The molecule has 8 heteroatoms. The highest BCUT2D eigenvalue weighted by atomic mass is 19.4. The lowest BCUT2D eigenvalue weighted by molar-refractivity contribution is -0.164. The summed E-state index contributed by atoms with van der Waals surface area (Å²) < 4.78 is 43.2. The Bertz CT molecular complexity index is 845. The number of esters is 1. The van der Waals surface area contributed by atoms with E-state index in [4.69, 9.17) is 10.00 Å². The molecule has 0 aliphatic heterocycles. The predicted molar refractivity (Wildman–Crippen MR) is 89.4 cm³/mol. The molecule has 0 saturated carbocycles. The van der Waals surface area contributed by atoms with E-state index in [9.17, 15) is 22.8 Å². The Morgan fingerprint density at radius 2 is 1.78 bits per heavy atom. The van der Waals surface area contributed by atoms with Gasteiger partial charge in [0.1, 0.15) is 6.54 Å². The average Bonchev–Trinajstić information content (AvgIpc) is 2.65. The van der Waals surface area contributed by atoms with E-state index in [1.165, 1.54) is 24.3 Å². The Hall–Kier alpha value is -3.34. The Kier molecular flexibility index (Phi) is 6.55. The van der Waals surface area contributed by atoms with E-state index >= 15 is 0 Å². The van der Waals surface area contributed by atoms with Crippen LogP contribution in [0.1, 0.15) is 21.5 Å². The molecular weight excluding hydrogens is 361 g/mol. The summed E-state index contributed by atoms with van der Waals surface area (Å²) >= 11 is 0. The lowest BCUT2D eigenvalue weighted by Crippen LogP contribution is -2.40. The van der Waals surface area contributed by atoms with Crippen LogP contribution >= 0.6 is 0 Å². The van der Waals surface area contributed by atoms with E-state index in [1.54, 1.807) is 30.3 Å². The number of hydrogen-bond donors (Lipinski definition) is 0. The third kappa shape index (κ3) is 6.47. The molecule has 0 heterocycles. The number of benzene rings is 2. The van der Waals surface area contributed by atoms with Gasteiger partial charge in [-0.2, -0.15) is 18.4 Å². The van der Waals surface area contributed by atoms with Gasteiger partial charge in [0.05, 0.1) is 17.2 Å². The Morgan fingerprint density at radius 3 is 2.41 bits per heavy atom. The Morgan fingerprint density at radius 1 is 1.07 bits per heavy atom. The van der Waals surface area contributed by atoms with E-state index in [0.717, 1.165) is 0 Å². The maximum Gasteiger partial charge on any atom is 0.406 e. The monoisotopic (exact) mass is 376 g/mol. The topological polar surface area (TPSA) is 70.4 Å². The van der Waals surface area contributed by atoms with Crippen molar-refractivity contribution in [1.82, 2.24) is 4.90 Å². The highest BCUT2D eigenvalue weighted by Gasteiger charge is 2.33. The zero-order chi connectivity index (χ0) is 19.9. The summed E-state index contributed by atoms with van der Waals surface area (Å²) in [5.41, 5.74) is 0.772. The number of ether oxygens (including phenoxy) is 1. The number of amides is 1. The molecule has 5 nitrogen and oxygen atoms in total. The molecular formula is C19H15F3N2O3. The van der Waals surface area contributed by atoms with Crippen molar-refractivity contribution < 1.29 is 27.5 Å². The normalized spacial score (nSPS) is 10.7. The van der Waals surface area contributed by atoms with Gasteiger partial charge in [-0.05, 0) is 23.8 Å². The van der Waals surface area contributed by atoms with Crippen molar-refractivity contribution in [2.24, 2.45) is 0 Å². The van der Waals surface area contributed by atoms with Crippen LogP contribution in [0.25, 0.3) is 0 Å². The van der Waals surface area contributed by atoms with Gasteiger partial charge in [0.25, 0.3) is 5.91 Å². The molecule has 0 unspecified atom stereocenters. The minimum Gasteiger partial charge on any atom is -0.452 e. The lowest BCUT2D eigenvalue weighted by atomic mass is 10.1. The number of nitrogens with zero attached hydrogens (tertiary/aromatic N) is 2. The highest BCUT2D eigenvalue weighted by molar-refractivity contribution is 5.91. The Labute approximate surface area is 153 Å². The van der Waals surface area contributed by atoms with Crippen molar-refractivity contribution >= 4 is 11.9 Å². The molecule has 0 fully saturated rings. The number of carbonyl (C=O) groups is 2. The molecule has 27 heavy (non-hydrogen) atoms. The summed E-state index contributed by atoms with van der Waals surface area (Å²) in [6, 6.07) is 15.6. The number of nitriles is 1. The van der Waals surface area contributed by atoms with Crippen molar-refractivity contribution in [3.63, 3.8) is 0 Å². The van der Waals surface area contributed by atoms with Gasteiger partial charge in [0.2, 0.25) is 0 Å². The summed E-state index contributed by atoms with van der Waals surface area (Å²) in [4.78, 5) is 24.7. The molecule has 0 aliphatic carbocycles. The average molecular weight is 376 g/mol. The maximum atomic E-state index is 12.8. The molecule has 140 valence electrons. The summed E-state index contributed by atoms with van der Waals surface area (Å²) in [5.74, 6) is -1.87. The number of carbonyl (C=O) groups excluding carboxylic acids is 2. The lowest BCUT2D eigenvalue weighted by Gasteiger charge is -2.24. The zero-order valence-electron chi connectivity index (χ0n) is 14.1. The van der Waals surface area contributed by atoms with Crippen LogP contribution in [0.5, 0.6) is 0 Å². The molecule has 0 saturated heterocycles. The van der Waals surface area contributed by atoms with Gasteiger partial charge >= 0.3 is 12.1 Å². The van der Waals surface area contributed by atoms with Crippen LogP contribution in [0, 0.1) is 11.3 Å². The molecule has 0 aromatic heterocycles. The van der Waals surface area contributed by atoms with E-state index in [1.807, 2.05) is 6.07 Å². The molecule has 2 aromatic carbocycles. The summed E-state index contributed by atoms with van der Waals surface area (Å²) in [7, 11) is 0. The standard InChI is InChI=1S/C19H15F3N2O3/c20-19(21,22)13-24(11-14-5-2-1-3-6-14)17(25)12-27-18(26)16-8-4-7-15(9-16)10-23/h1-9H,11-13H2. The van der Waals surface area contributed by atoms with Gasteiger partial charge in [0.15, 0.2) is 6.61 Å². The van der Waals surface area contributed by atoms with Crippen molar-refractivity contribution in [2.45, 2.75) is 12.7 Å². The second-order valence-electron chi connectivity index (χ2n) is 5.62. The minimum atomic E-state index is -4.59. The van der Waals surface area contributed by atoms with Gasteiger partial charge in [-0.3, -0.25) is 4.79 Å².